The Labute approximate surface area is 275 Å². The van der Waals surface area contributed by atoms with E-state index >= 15 is 0 Å². The van der Waals surface area contributed by atoms with E-state index in [9.17, 15) is 39.0 Å². The number of carbonyl (C=O) groups is 6. The number of likely N-dealkylation sites (N-methyl/N-ethyl adjacent to an activating group) is 1. The number of ether oxygens (including phenoxy) is 1. The predicted octanol–water partition coefficient (Wildman–Crippen LogP) is -3.22. The van der Waals surface area contributed by atoms with Crippen molar-refractivity contribution in [1.29, 1.82) is 0 Å². The Morgan fingerprint density at radius 2 is 1.93 bits per heavy atom. The molecule has 3 aliphatic heterocycles. The number of aryl methyl sites for hydroxylation is 1. The molecule has 4 heterocycles. The minimum Gasteiger partial charge on any atom is -0.477 e. The van der Waals surface area contributed by atoms with Crippen LogP contribution in [0.1, 0.15) is 13.8 Å². The summed E-state index contributed by atoms with van der Waals surface area (Å²) in [4.78, 5) is 79.3. The van der Waals surface area contributed by atoms with Crippen molar-refractivity contribution < 1.29 is 43.7 Å². The number of fused-ring (bicyclic) bond motifs is 1. The Bertz CT molecular complexity index is 1360. The molecule has 0 aromatic carbocycles. The van der Waals surface area contributed by atoms with E-state index in [1.165, 1.54) is 28.3 Å². The van der Waals surface area contributed by atoms with E-state index in [0.29, 0.717) is 15.6 Å². The Morgan fingerprint density at radius 1 is 1.23 bits per heavy atom. The fourth-order valence-corrected chi connectivity index (χ4v) is 7.02. The molecule has 2 unspecified atom stereocenters. The number of nitrogens with one attached hydrogen (secondary N) is 2. The molecule has 2 saturated heterocycles. The third-order valence-corrected chi connectivity index (χ3v) is 9.35. The largest absolute Gasteiger partial charge is 0.477 e. The van der Waals surface area contributed by atoms with Crippen molar-refractivity contribution in [3.8, 4) is 0 Å². The fraction of sp³-hybridized carbons (Fsp3) is 0.591. The predicted molar refractivity (Wildman–Crippen MR) is 149 cm³/mol. The van der Waals surface area contributed by atoms with Crippen molar-refractivity contribution in [3.05, 3.63) is 11.3 Å². The van der Waals surface area contributed by atoms with E-state index in [2.05, 4.69) is 26.2 Å². The van der Waals surface area contributed by atoms with E-state index in [1.54, 1.807) is 14.0 Å². The molecular weight excluding hydrogens is 621 g/mol. The number of piperazine rings is 1. The first kappa shape index (κ1) is 34.7. The standard InChI is InChI=1S/C22H29N9O9S2.Na/c1-5-29-6-7-30(16(35)15(29)34)20(39)23-12(10(2)32)14(33)24-22(40-4)18(38)31-13(17(36)37)11(8-41-19(22)31)9-42-21-25-26-27-28(21)3;/h10,12,19,32H,5-9H2,1-4H3,(H,23,39)(H,24,33)(H,36,37);/t10-,12?,19?,22-;/m0./s1. The number of carboxylic acids is 1. The topological polar surface area (TPSA) is 229 Å². The maximum absolute atomic E-state index is 13.4. The first-order valence-corrected chi connectivity index (χ1v) is 14.6. The summed E-state index contributed by atoms with van der Waals surface area (Å²) in [7, 11) is 2.78. The number of aliphatic carboxylic acids is 1. The molecule has 43 heavy (non-hydrogen) atoms. The van der Waals surface area contributed by atoms with Gasteiger partial charge >= 0.3 is 23.8 Å². The zero-order valence-corrected chi connectivity index (χ0v) is 27.6. The third kappa shape index (κ3) is 6.40. The summed E-state index contributed by atoms with van der Waals surface area (Å²) in [5.74, 6) is -4.87. The number of thioether (sulfide) groups is 2. The van der Waals surface area contributed by atoms with Crippen LogP contribution in [0.15, 0.2) is 16.4 Å². The summed E-state index contributed by atoms with van der Waals surface area (Å²) in [5.41, 5.74) is -1.84. The molecule has 229 valence electrons. The third-order valence-electron chi connectivity index (χ3n) is 6.88. The quantitative estimate of drug-likeness (QED) is 0.0642. The molecule has 18 nitrogen and oxygen atoms in total. The van der Waals surface area contributed by atoms with Crippen molar-refractivity contribution in [2.24, 2.45) is 7.05 Å². The molecule has 0 aliphatic carbocycles. The van der Waals surface area contributed by atoms with Gasteiger partial charge in [0.2, 0.25) is 11.1 Å². The normalized spacial score (nSPS) is 23.2. The van der Waals surface area contributed by atoms with Crippen LogP contribution in [0.2, 0.25) is 0 Å². The van der Waals surface area contributed by atoms with E-state index < -0.39 is 58.9 Å². The maximum atomic E-state index is 13.4. The first-order valence-electron chi connectivity index (χ1n) is 12.6. The van der Waals surface area contributed by atoms with Crippen LogP contribution >= 0.6 is 23.5 Å². The number of nitrogens with zero attached hydrogens (tertiary/aromatic N) is 7. The average molecular weight is 651 g/mol. The molecule has 3 aliphatic rings. The van der Waals surface area contributed by atoms with Crippen LogP contribution < -0.4 is 10.6 Å². The number of carboxylic acid groups (broad SMARTS) is 1. The van der Waals surface area contributed by atoms with Crippen molar-refractivity contribution in [2.45, 2.75) is 42.2 Å². The van der Waals surface area contributed by atoms with Crippen molar-refractivity contribution >= 4 is 88.7 Å². The number of imide groups is 1. The molecule has 0 saturated carbocycles. The first-order chi connectivity index (χ1) is 19.9. The van der Waals surface area contributed by atoms with Gasteiger partial charge in [0.15, 0.2) is 0 Å². The van der Waals surface area contributed by atoms with Crippen LogP contribution in [0.4, 0.5) is 4.79 Å². The molecule has 1 aromatic rings. The maximum Gasteiger partial charge on any atom is 0.352 e. The molecule has 0 spiro atoms. The molecule has 2 fully saturated rings. The van der Waals surface area contributed by atoms with Gasteiger partial charge in [-0.3, -0.25) is 29.0 Å². The smallest absolute Gasteiger partial charge is 0.352 e. The molecular formula is C22H29N9NaO9S2. The fourth-order valence-electron chi connectivity index (χ4n) is 4.60. The molecule has 21 heteroatoms. The Hall–Kier alpha value is -2.75. The molecule has 1 radical (unpaired) electrons. The van der Waals surface area contributed by atoms with Crippen molar-refractivity contribution in [3.63, 3.8) is 0 Å². The second kappa shape index (κ2) is 13.9. The summed E-state index contributed by atoms with van der Waals surface area (Å²) >= 11 is 2.33. The van der Waals surface area contributed by atoms with Crippen LogP contribution in [0, 0.1) is 0 Å². The van der Waals surface area contributed by atoms with Gasteiger partial charge in [0, 0.05) is 74.9 Å². The number of amides is 6. The zero-order valence-electron chi connectivity index (χ0n) is 24.0. The summed E-state index contributed by atoms with van der Waals surface area (Å²) < 4.78 is 6.84. The number of methoxy groups -OCH3 is 1. The number of aliphatic hydroxyl groups is 1. The Balaban J connectivity index is 0.00000506. The summed E-state index contributed by atoms with van der Waals surface area (Å²) in [6, 6.07) is -2.74. The van der Waals surface area contributed by atoms with Crippen LogP contribution in [-0.4, -0.2) is 172 Å². The van der Waals surface area contributed by atoms with Crippen LogP contribution in [0.25, 0.3) is 0 Å². The number of carbonyl (C=O) groups excluding carboxylic acids is 5. The second-order valence-corrected chi connectivity index (χ2v) is 11.4. The van der Waals surface area contributed by atoms with Gasteiger partial charge in [0.05, 0.1) is 6.10 Å². The number of rotatable bonds is 10. The zero-order chi connectivity index (χ0) is 30.9. The van der Waals surface area contributed by atoms with Gasteiger partial charge < -0.3 is 30.5 Å². The molecule has 4 rings (SSSR count). The van der Waals surface area contributed by atoms with E-state index in [1.807, 2.05) is 0 Å². The minimum atomic E-state index is -2.01. The van der Waals surface area contributed by atoms with Gasteiger partial charge in [0.1, 0.15) is 17.1 Å². The Morgan fingerprint density at radius 3 is 2.49 bits per heavy atom. The number of β-lactam (4-membered cyclic amide) rings is 1. The summed E-state index contributed by atoms with van der Waals surface area (Å²) in [5, 5.41) is 35.5. The summed E-state index contributed by atoms with van der Waals surface area (Å²) in [6.45, 7) is 3.15. The van der Waals surface area contributed by atoms with Gasteiger partial charge in [-0.25, -0.2) is 14.3 Å². The van der Waals surface area contributed by atoms with Gasteiger partial charge in [0.25, 0.3) is 11.6 Å². The van der Waals surface area contributed by atoms with E-state index in [-0.39, 0.29) is 66.4 Å². The van der Waals surface area contributed by atoms with Crippen molar-refractivity contribution in [2.75, 3.05) is 38.2 Å². The molecule has 1 aromatic heterocycles. The SMILES string of the molecule is CCN1CCN(C(=O)NC(C(=O)N[C@]2(OC)C(=O)N3C(C(=O)O)=C(CSc4nnnn4C)CSC32)[C@H](C)O)C(=O)C1=O.[Na]. The number of aromatic nitrogens is 4. The van der Waals surface area contributed by atoms with Crippen LogP contribution in [-0.2, 0) is 35.8 Å². The number of urea groups is 1. The van der Waals surface area contributed by atoms with Gasteiger partial charge in [-0.05, 0) is 29.8 Å². The number of aliphatic hydroxyl groups excluding tert-OH is 1. The van der Waals surface area contributed by atoms with E-state index in [4.69, 9.17) is 4.74 Å². The van der Waals surface area contributed by atoms with Gasteiger partial charge in [-0.15, -0.1) is 16.9 Å². The van der Waals surface area contributed by atoms with Crippen LogP contribution in [0.3, 0.4) is 0 Å². The van der Waals surface area contributed by atoms with Crippen LogP contribution in [0.5, 0.6) is 0 Å². The Kier molecular flexibility index (Phi) is 11.2. The van der Waals surface area contributed by atoms with Gasteiger partial charge in [-0.2, -0.15) is 0 Å². The molecule has 4 N–H and O–H groups in total. The van der Waals surface area contributed by atoms with E-state index in [0.717, 1.165) is 23.8 Å². The number of hydrogen-bond acceptors (Lipinski definition) is 13. The van der Waals surface area contributed by atoms with Crippen molar-refractivity contribution in [1.82, 2.24) is 45.5 Å². The van der Waals surface area contributed by atoms with Gasteiger partial charge in [-0.1, -0.05) is 11.8 Å². The second-order valence-electron chi connectivity index (χ2n) is 9.41. The summed E-state index contributed by atoms with van der Waals surface area (Å²) in [6.07, 6.45) is -1.50. The number of hydrogen-bond donors (Lipinski definition) is 4. The minimum absolute atomic E-state index is 0. The number of tetrazole rings is 1. The molecule has 6 amide bonds. The average Bonchev–Trinajstić information content (AvgIpc) is 3.37. The molecule has 4 atom stereocenters. The monoisotopic (exact) mass is 650 g/mol. The molecule has 0 bridgehead atoms.